The van der Waals surface area contributed by atoms with Gasteiger partial charge in [0, 0.05) is 19.3 Å². The van der Waals surface area contributed by atoms with E-state index in [1.807, 2.05) is 19.1 Å². The van der Waals surface area contributed by atoms with E-state index in [-0.39, 0.29) is 12.5 Å². The number of carbonyl (C=O) groups excluding carboxylic acids is 1. The monoisotopic (exact) mass is 431 g/mol. The number of nitrogens with two attached hydrogens (primary N) is 1. The first-order chi connectivity index (χ1) is 15.3. The smallest absolute Gasteiger partial charge is 0.319 e. The van der Waals surface area contributed by atoms with Crippen LogP contribution in [0.25, 0.3) is 16.7 Å². The molecule has 0 unspecified atom stereocenters. The Balaban J connectivity index is 1.68. The highest BCUT2D eigenvalue weighted by Crippen LogP contribution is 2.34. The number of anilines is 1. The topological polar surface area (TPSA) is 86.3 Å². The van der Waals surface area contributed by atoms with Crippen molar-refractivity contribution in [2.45, 2.75) is 40.5 Å². The van der Waals surface area contributed by atoms with Crippen molar-refractivity contribution in [3.8, 4) is 5.69 Å². The van der Waals surface area contributed by atoms with Crippen LogP contribution in [-0.2, 0) is 9.53 Å². The highest BCUT2D eigenvalue weighted by molar-refractivity contribution is 6.32. The molecule has 1 aliphatic rings. The maximum atomic E-state index is 11.4. The molecule has 7 nitrogen and oxygen atoms in total. The fraction of sp³-hybridized carbons (Fsp3) is 0.458. The number of aryl methyl sites for hydroxylation is 4. The van der Waals surface area contributed by atoms with Gasteiger partial charge in [0.25, 0.3) is 0 Å². The minimum Gasteiger partial charge on any atom is -0.464 e. The van der Waals surface area contributed by atoms with Crippen LogP contribution < -0.4 is 16.1 Å². The van der Waals surface area contributed by atoms with E-state index in [1.54, 1.807) is 0 Å². The van der Waals surface area contributed by atoms with Crippen LogP contribution in [0.5, 0.6) is 0 Å². The minimum absolute atomic E-state index is 0.0692. The van der Waals surface area contributed by atoms with Crippen molar-refractivity contribution in [2.24, 2.45) is 11.7 Å². The van der Waals surface area contributed by atoms with E-state index < -0.39 is 0 Å². The molecule has 1 aliphatic heterocycles. The summed E-state index contributed by atoms with van der Waals surface area (Å²) in [6.07, 6.45) is 4.03. The van der Waals surface area contributed by atoms with Crippen molar-refractivity contribution in [2.75, 3.05) is 31.1 Å². The Hall–Kier alpha value is -2.87. The normalized spacial score (nSPS) is 14.8. The maximum absolute atomic E-state index is 11.4. The fourth-order valence-corrected chi connectivity index (χ4v) is 4.74. The summed E-state index contributed by atoms with van der Waals surface area (Å²) in [4.78, 5) is 23.4. The highest BCUT2D eigenvalue weighted by atomic mass is 16.5. The zero-order chi connectivity index (χ0) is 23.0. The molecule has 0 amide bonds. The Labute approximate surface area is 190 Å². The lowest BCUT2D eigenvalue weighted by molar-refractivity contribution is -0.143. The summed E-state index contributed by atoms with van der Waals surface area (Å²) < 4.78 is 7.42. The van der Waals surface area contributed by atoms with Crippen LogP contribution >= 0.6 is 0 Å². The predicted molar refractivity (Wildman–Crippen MR) is 128 cm³/mol. The molecule has 2 N–H and O–H groups in total. The van der Waals surface area contributed by atoms with Gasteiger partial charge in [-0.05, 0) is 63.1 Å². The number of hydrogen-bond acceptors (Lipinski definition) is 6. The summed E-state index contributed by atoms with van der Waals surface area (Å²) in [5.74, 6) is 1.74. The summed E-state index contributed by atoms with van der Waals surface area (Å²) in [5, 5.41) is 1.08. The molecule has 0 atom stereocenters. The average Bonchev–Trinajstić information content (AvgIpc) is 3.07. The van der Waals surface area contributed by atoms with Gasteiger partial charge in [0.05, 0.1) is 24.2 Å². The average molecular weight is 431 g/mol. The first-order valence-electron chi connectivity index (χ1n) is 11.1. The molecule has 3 aromatic rings. The first-order valence-corrected chi connectivity index (χ1v) is 11.1. The number of esters is 1. The van der Waals surface area contributed by atoms with Crippen LogP contribution in [0.2, 0.25) is 0 Å². The molecule has 1 aromatic carbocycles. The second-order valence-electron chi connectivity index (χ2n) is 8.80. The van der Waals surface area contributed by atoms with E-state index in [2.05, 4.69) is 36.4 Å². The van der Waals surface area contributed by atoms with Gasteiger partial charge in [-0.15, -0.1) is 0 Å². The number of nitrogens with zero attached hydrogens (tertiary/aromatic N) is 4. The van der Waals surface area contributed by atoms with Gasteiger partial charge in [0.1, 0.15) is 19.5 Å². The van der Waals surface area contributed by atoms with Crippen LogP contribution in [0, 0.1) is 33.6 Å². The SMILES string of the molecule is [B]c1cc(C)c(-n2cc(C)c3c(N4CCC(COC(=O)CN)CC4)nc(C)nc32)c(C)c1. The number of rotatable bonds is 5. The number of carbonyl (C=O) groups is 1. The first kappa shape index (κ1) is 22.3. The van der Waals surface area contributed by atoms with E-state index in [0.717, 1.165) is 76.4 Å². The number of ether oxygens (including phenoxy) is 1. The minimum atomic E-state index is -0.342. The number of aromatic nitrogens is 3. The Bertz CT molecular complexity index is 1140. The van der Waals surface area contributed by atoms with Crippen LogP contribution in [-0.4, -0.2) is 54.6 Å². The lowest BCUT2D eigenvalue weighted by atomic mass is 9.91. The zero-order valence-electron chi connectivity index (χ0n) is 19.3. The molecular weight excluding hydrogens is 401 g/mol. The molecule has 4 rings (SSSR count). The van der Waals surface area contributed by atoms with Crippen molar-refractivity contribution in [1.82, 2.24) is 14.5 Å². The van der Waals surface area contributed by atoms with Gasteiger partial charge in [0.2, 0.25) is 0 Å². The molecule has 0 aliphatic carbocycles. The Kier molecular flexibility index (Phi) is 6.24. The molecule has 2 radical (unpaired) electrons. The lowest BCUT2D eigenvalue weighted by Gasteiger charge is -2.33. The Morgan fingerprint density at radius 2 is 1.78 bits per heavy atom. The summed E-state index contributed by atoms with van der Waals surface area (Å²) in [6, 6.07) is 4.00. The molecule has 0 saturated carbocycles. The Morgan fingerprint density at radius 1 is 1.12 bits per heavy atom. The third kappa shape index (κ3) is 4.24. The number of piperidine rings is 1. The number of benzene rings is 1. The van der Waals surface area contributed by atoms with Crippen LogP contribution in [0.3, 0.4) is 0 Å². The molecule has 0 spiro atoms. The standard InChI is InChI=1S/C24H30BN5O2/c1-14-9-19(25)10-15(2)22(14)30-12-16(3)21-23(27-17(4)28-24(21)30)29-7-5-18(6-8-29)13-32-20(31)11-26/h9-10,12,18H,5-8,11,13,26H2,1-4H3. The summed E-state index contributed by atoms with van der Waals surface area (Å²) in [7, 11) is 6.05. The van der Waals surface area contributed by atoms with Gasteiger partial charge in [-0.25, -0.2) is 9.97 Å². The van der Waals surface area contributed by atoms with Crippen molar-refractivity contribution in [3.63, 3.8) is 0 Å². The van der Waals surface area contributed by atoms with Gasteiger partial charge in [-0.2, -0.15) is 0 Å². The Morgan fingerprint density at radius 3 is 2.41 bits per heavy atom. The van der Waals surface area contributed by atoms with Gasteiger partial charge >= 0.3 is 5.97 Å². The predicted octanol–water partition coefficient (Wildman–Crippen LogP) is 2.17. The molecule has 8 heteroatoms. The van der Waals surface area contributed by atoms with Crippen molar-refractivity contribution >= 4 is 36.1 Å². The van der Waals surface area contributed by atoms with Crippen molar-refractivity contribution < 1.29 is 9.53 Å². The third-order valence-electron chi connectivity index (χ3n) is 6.24. The zero-order valence-corrected chi connectivity index (χ0v) is 19.3. The highest BCUT2D eigenvalue weighted by Gasteiger charge is 2.25. The molecular formula is C24H30BN5O2. The van der Waals surface area contributed by atoms with Gasteiger partial charge in [-0.1, -0.05) is 17.6 Å². The molecule has 2 aromatic heterocycles. The second-order valence-corrected chi connectivity index (χ2v) is 8.80. The lowest BCUT2D eigenvalue weighted by Crippen LogP contribution is -2.36. The summed E-state index contributed by atoms with van der Waals surface area (Å²) in [6.45, 7) is 10.3. The fourth-order valence-electron chi connectivity index (χ4n) is 4.74. The van der Waals surface area contributed by atoms with Crippen LogP contribution in [0.1, 0.15) is 35.4 Å². The molecule has 1 saturated heterocycles. The summed E-state index contributed by atoms with van der Waals surface area (Å²) >= 11 is 0. The van der Waals surface area contributed by atoms with Gasteiger partial charge in [0.15, 0.2) is 5.65 Å². The van der Waals surface area contributed by atoms with E-state index >= 15 is 0 Å². The molecule has 166 valence electrons. The molecule has 3 heterocycles. The van der Waals surface area contributed by atoms with Crippen LogP contribution in [0.15, 0.2) is 18.3 Å². The second kappa shape index (κ2) is 8.94. The maximum Gasteiger partial charge on any atom is 0.319 e. The summed E-state index contributed by atoms with van der Waals surface area (Å²) in [5.41, 5.74) is 11.5. The van der Waals surface area contributed by atoms with E-state index in [1.165, 1.54) is 0 Å². The van der Waals surface area contributed by atoms with Crippen molar-refractivity contribution in [1.29, 1.82) is 0 Å². The van der Waals surface area contributed by atoms with Crippen LogP contribution in [0.4, 0.5) is 5.82 Å². The van der Waals surface area contributed by atoms with Gasteiger partial charge < -0.3 is 19.9 Å². The molecule has 0 bridgehead atoms. The van der Waals surface area contributed by atoms with Gasteiger partial charge in [-0.3, -0.25) is 4.79 Å². The van der Waals surface area contributed by atoms with Crippen molar-refractivity contribution in [3.05, 3.63) is 40.8 Å². The molecule has 32 heavy (non-hydrogen) atoms. The van der Waals surface area contributed by atoms with E-state index in [9.17, 15) is 4.79 Å². The number of hydrogen-bond donors (Lipinski definition) is 1. The third-order valence-corrected chi connectivity index (χ3v) is 6.24. The number of fused-ring (bicyclic) bond motifs is 1. The largest absolute Gasteiger partial charge is 0.464 e. The van der Waals surface area contributed by atoms with E-state index in [0.29, 0.717) is 12.5 Å². The van der Waals surface area contributed by atoms with E-state index in [4.69, 9.17) is 28.3 Å². The quantitative estimate of drug-likeness (QED) is 0.492. The molecule has 1 fully saturated rings.